The first-order chi connectivity index (χ1) is 16.5. The van der Waals surface area contributed by atoms with Crippen LogP contribution in [0.3, 0.4) is 0 Å². The Kier molecular flexibility index (Phi) is 8.76. The molecule has 34 heavy (non-hydrogen) atoms. The van der Waals surface area contributed by atoms with Crippen LogP contribution in [0.5, 0.6) is 0 Å². The van der Waals surface area contributed by atoms with Gasteiger partial charge in [0.05, 0.1) is 29.8 Å². The fourth-order valence-corrected chi connectivity index (χ4v) is 8.41. The average molecular weight is 497 g/mol. The van der Waals surface area contributed by atoms with Gasteiger partial charge in [-0.25, -0.2) is 0 Å². The topological polar surface area (TPSA) is 111 Å². The Labute approximate surface area is 206 Å². The van der Waals surface area contributed by atoms with E-state index in [0.717, 1.165) is 65.0 Å². The van der Waals surface area contributed by atoms with Crippen LogP contribution in [0.25, 0.3) is 0 Å². The summed E-state index contributed by atoms with van der Waals surface area (Å²) in [6.45, 7) is 7.72. The van der Waals surface area contributed by atoms with E-state index in [-0.39, 0.29) is 35.5 Å². The molecule has 3 amide bonds. The summed E-state index contributed by atoms with van der Waals surface area (Å²) in [5.41, 5.74) is 0. The predicted octanol–water partition coefficient (Wildman–Crippen LogP) is 0.215. The van der Waals surface area contributed by atoms with E-state index in [2.05, 4.69) is 15.5 Å². The van der Waals surface area contributed by atoms with E-state index < -0.39 is 16.7 Å². The highest BCUT2D eigenvalue weighted by molar-refractivity contribution is 8.02. The molecule has 2 bridgehead atoms. The fraction of sp³-hybridized carbons (Fsp3) is 0.875. The number of likely N-dealkylation sites (tertiary alicyclic amines) is 1. The van der Waals surface area contributed by atoms with E-state index in [1.54, 1.807) is 16.7 Å². The summed E-state index contributed by atoms with van der Waals surface area (Å²) < 4.78 is 4.88. The van der Waals surface area contributed by atoms with Gasteiger partial charge in [-0.2, -0.15) is 0 Å². The molecular weight excluding hydrogens is 456 g/mol. The molecule has 4 aliphatic rings. The number of hydrogen-bond acceptors (Lipinski definition) is 7. The van der Waals surface area contributed by atoms with Crippen LogP contribution < -0.4 is 10.6 Å². The van der Waals surface area contributed by atoms with Crippen molar-refractivity contribution in [2.45, 2.75) is 61.5 Å². The van der Waals surface area contributed by atoms with Gasteiger partial charge in [0.25, 0.3) is 0 Å². The summed E-state index contributed by atoms with van der Waals surface area (Å²) in [5, 5.41) is 15.4. The molecule has 4 saturated heterocycles. The number of fused-ring (bicyclic) bond motifs is 1. The molecule has 4 aliphatic heterocycles. The van der Waals surface area contributed by atoms with Crippen molar-refractivity contribution < 1.29 is 24.2 Å². The lowest BCUT2D eigenvalue weighted by molar-refractivity contribution is -0.140. The molecule has 2 unspecified atom stereocenters. The van der Waals surface area contributed by atoms with Crippen molar-refractivity contribution >= 4 is 29.5 Å². The van der Waals surface area contributed by atoms with Crippen molar-refractivity contribution in [1.29, 1.82) is 0 Å². The second-order valence-corrected chi connectivity index (χ2v) is 11.5. The molecule has 1 spiro atoms. The molecule has 0 aliphatic carbocycles. The average Bonchev–Trinajstić information content (AvgIpc) is 3.48. The Balaban J connectivity index is 1.49. The largest absolute Gasteiger partial charge is 0.396 e. The molecule has 10 heteroatoms. The second-order valence-electron chi connectivity index (χ2n) is 9.91. The Bertz CT molecular complexity index is 749. The number of carbonyl (C=O) groups excluding carboxylic acids is 3. The zero-order chi connectivity index (χ0) is 24.1. The van der Waals surface area contributed by atoms with Crippen molar-refractivity contribution in [2.75, 3.05) is 59.1 Å². The molecule has 0 aromatic carbocycles. The number of thioether (sulfide) groups is 1. The summed E-state index contributed by atoms with van der Waals surface area (Å²) in [6.07, 6.45) is 4.75. The molecule has 9 nitrogen and oxygen atoms in total. The molecular formula is C24H40N4O5S. The maximum Gasteiger partial charge on any atom is 0.244 e. The van der Waals surface area contributed by atoms with Gasteiger partial charge in [0, 0.05) is 51.1 Å². The highest BCUT2D eigenvalue weighted by Crippen LogP contribution is 2.66. The van der Waals surface area contributed by atoms with E-state index in [4.69, 9.17) is 9.84 Å². The lowest BCUT2D eigenvalue weighted by Gasteiger charge is -2.34. The standard InChI is InChI=1S/C24H40N4O5S/c1-2-8-25-21(30)18-17-6-7-24(34-17)19(18)23(32)28(10-4-3-5-14-29)20(24)22(31)26-9-11-27-12-15-33-16-13-27/h17-20,29H,2-16H2,1H3,(H,25,30)(H,26,31)/t17-,18+,19+,20?,24?/m1/s1. The maximum atomic E-state index is 13.7. The first-order valence-corrected chi connectivity index (χ1v) is 13.9. The van der Waals surface area contributed by atoms with Crippen molar-refractivity contribution in [3.05, 3.63) is 0 Å². The smallest absolute Gasteiger partial charge is 0.244 e. The summed E-state index contributed by atoms with van der Waals surface area (Å²) in [6, 6.07) is -0.539. The van der Waals surface area contributed by atoms with E-state index in [0.29, 0.717) is 26.1 Å². The van der Waals surface area contributed by atoms with E-state index in [1.807, 2.05) is 6.92 Å². The zero-order valence-electron chi connectivity index (χ0n) is 20.3. The van der Waals surface area contributed by atoms with Gasteiger partial charge >= 0.3 is 0 Å². The summed E-state index contributed by atoms with van der Waals surface area (Å²) in [4.78, 5) is 44.5. The number of nitrogens with zero attached hydrogens (tertiary/aromatic N) is 2. The second kappa shape index (κ2) is 11.6. The fourth-order valence-electron chi connectivity index (χ4n) is 6.19. The maximum absolute atomic E-state index is 13.7. The number of ether oxygens (including phenoxy) is 1. The molecule has 0 aromatic rings. The van der Waals surface area contributed by atoms with Gasteiger partial charge < -0.3 is 25.4 Å². The van der Waals surface area contributed by atoms with Gasteiger partial charge in [-0.05, 0) is 38.5 Å². The molecule has 4 rings (SSSR count). The predicted molar refractivity (Wildman–Crippen MR) is 130 cm³/mol. The Morgan fingerprint density at radius 3 is 2.62 bits per heavy atom. The van der Waals surface area contributed by atoms with Crippen molar-refractivity contribution in [3.63, 3.8) is 0 Å². The number of amides is 3. The lowest BCUT2D eigenvalue weighted by atomic mass is 9.70. The highest BCUT2D eigenvalue weighted by Gasteiger charge is 2.73. The van der Waals surface area contributed by atoms with Crippen LogP contribution >= 0.6 is 11.8 Å². The minimum Gasteiger partial charge on any atom is -0.396 e. The van der Waals surface area contributed by atoms with Crippen molar-refractivity contribution in [2.24, 2.45) is 11.8 Å². The van der Waals surface area contributed by atoms with E-state index in [1.165, 1.54) is 0 Å². The SMILES string of the molecule is CCCNC(=O)[C@@H]1[C@H]2C(=O)N(CCCCCO)C(C(=O)NCCN3CCOCC3)C23CC[C@H]1S3. The van der Waals surface area contributed by atoms with Crippen LogP contribution in [0.1, 0.15) is 45.4 Å². The third kappa shape index (κ3) is 4.96. The lowest BCUT2D eigenvalue weighted by Crippen LogP contribution is -2.54. The van der Waals surface area contributed by atoms with E-state index in [9.17, 15) is 14.4 Å². The van der Waals surface area contributed by atoms with Gasteiger partial charge in [0.2, 0.25) is 17.7 Å². The summed E-state index contributed by atoms with van der Waals surface area (Å²) >= 11 is 1.72. The first-order valence-electron chi connectivity index (χ1n) is 13.0. The minimum atomic E-state index is -0.539. The molecule has 4 heterocycles. The number of carbonyl (C=O) groups is 3. The number of aliphatic hydroxyl groups is 1. The number of rotatable bonds is 12. The van der Waals surface area contributed by atoms with E-state index >= 15 is 0 Å². The zero-order valence-corrected chi connectivity index (χ0v) is 21.1. The summed E-state index contributed by atoms with van der Waals surface area (Å²) in [5.74, 6) is -0.949. The van der Waals surface area contributed by atoms with Crippen LogP contribution in [-0.2, 0) is 19.1 Å². The quantitative estimate of drug-likeness (QED) is 0.331. The monoisotopic (exact) mass is 496 g/mol. The number of hydrogen-bond donors (Lipinski definition) is 3. The molecule has 3 N–H and O–H groups in total. The van der Waals surface area contributed by atoms with Gasteiger partial charge in [-0.1, -0.05) is 6.92 Å². The number of morpholine rings is 1. The number of unbranched alkanes of at least 4 members (excludes halogenated alkanes) is 2. The molecule has 0 radical (unpaired) electrons. The Hall–Kier alpha value is -1.36. The first kappa shape index (κ1) is 25.7. The molecule has 4 fully saturated rings. The third-order valence-electron chi connectivity index (χ3n) is 7.79. The van der Waals surface area contributed by atoms with Gasteiger partial charge in [0.1, 0.15) is 6.04 Å². The Morgan fingerprint density at radius 2 is 1.88 bits per heavy atom. The molecule has 192 valence electrons. The van der Waals surface area contributed by atoms with Crippen LogP contribution in [0.15, 0.2) is 0 Å². The summed E-state index contributed by atoms with van der Waals surface area (Å²) in [7, 11) is 0. The van der Waals surface area contributed by atoms with Gasteiger partial charge in [-0.15, -0.1) is 11.8 Å². The molecule has 5 atom stereocenters. The van der Waals surface area contributed by atoms with Crippen molar-refractivity contribution in [3.8, 4) is 0 Å². The van der Waals surface area contributed by atoms with Gasteiger partial charge in [-0.3, -0.25) is 19.3 Å². The normalized spacial score (nSPS) is 32.8. The number of nitrogens with one attached hydrogen (secondary N) is 2. The van der Waals surface area contributed by atoms with Crippen LogP contribution in [0.4, 0.5) is 0 Å². The molecule has 0 aromatic heterocycles. The Morgan fingerprint density at radius 1 is 1.12 bits per heavy atom. The third-order valence-corrected chi connectivity index (χ3v) is 9.74. The van der Waals surface area contributed by atoms with Crippen LogP contribution in [0, 0.1) is 11.8 Å². The highest BCUT2D eigenvalue weighted by atomic mass is 32.2. The van der Waals surface area contributed by atoms with Crippen LogP contribution in [0.2, 0.25) is 0 Å². The minimum absolute atomic E-state index is 0.0344. The van der Waals surface area contributed by atoms with Gasteiger partial charge in [0.15, 0.2) is 0 Å². The van der Waals surface area contributed by atoms with Crippen LogP contribution in [-0.4, -0.2) is 108 Å². The van der Waals surface area contributed by atoms with Crippen molar-refractivity contribution in [1.82, 2.24) is 20.4 Å². The number of aliphatic hydroxyl groups excluding tert-OH is 1. The molecule has 0 saturated carbocycles.